The minimum absolute atomic E-state index is 0.0412. The molecule has 0 bridgehead atoms. The van der Waals surface area contributed by atoms with E-state index in [2.05, 4.69) is 15.5 Å². The van der Waals surface area contributed by atoms with E-state index in [0.29, 0.717) is 31.5 Å². The Morgan fingerprint density at radius 1 is 0.944 bits per heavy atom. The third-order valence-corrected chi connectivity index (χ3v) is 9.44. The summed E-state index contributed by atoms with van der Waals surface area (Å²) >= 11 is 0. The number of sulfonamides is 1. The number of carbonyl (C=O) groups is 1. The summed E-state index contributed by atoms with van der Waals surface area (Å²) < 4.78 is 57.6. The van der Waals surface area contributed by atoms with Gasteiger partial charge in [-0.3, -0.25) is 10.1 Å². The quantitative estimate of drug-likeness (QED) is 0.390. The molecule has 194 valence electrons. The zero-order valence-electron chi connectivity index (χ0n) is 20.6. The van der Waals surface area contributed by atoms with E-state index in [-0.39, 0.29) is 27.3 Å². The molecule has 0 aliphatic heterocycles. The topological polar surface area (TPSA) is 140 Å². The summed E-state index contributed by atoms with van der Waals surface area (Å²) in [5.41, 5.74) is 0.597. The minimum atomic E-state index is -3.66. The second-order valence-corrected chi connectivity index (χ2v) is 12.9. The van der Waals surface area contributed by atoms with Crippen LogP contribution in [0.25, 0.3) is 11.5 Å². The fraction of sp³-hybridized carbons (Fsp3) is 0.375. The molecule has 0 spiro atoms. The molecule has 0 saturated carbocycles. The van der Waals surface area contributed by atoms with Crippen LogP contribution >= 0.6 is 0 Å². The van der Waals surface area contributed by atoms with Gasteiger partial charge in [0.15, 0.2) is 9.84 Å². The maximum Gasteiger partial charge on any atom is 0.322 e. The number of hydrogen-bond acceptors (Lipinski definition) is 8. The normalized spacial score (nSPS) is 12.3. The Labute approximate surface area is 211 Å². The van der Waals surface area contributed by atoms with Crippen molar-refractivity contribution >= 4 is 31.8 Å². The smallest absolute Gasteiger partial charge is 0.322 e. The molecule has 10 nitrogen and oxygen atoms in total. The van der Waals surface area contributed by atoms with Crippen LogP contribution in [0.1, 0.15) is 50.9 Å². The summed E-state index contributed by atoms with van der Waals surface area (Å²) in [6.45, 7) is 7.86. The number of sulfone groups is 1. The number of hydrogen-bond donors (Lipinski definition) is 1. The lowest BCUT2D eigenvalue weighted by Gasteiger charge is -2.21. The van der Waals surface area contributed by atoms with Gasteiger partial charge in [-0.25, -0.2) is 16.8 Å². The summed E-state index contributed by atoms with van der Waals surface area (Å²) in [6, 6.07) is 11.6. The van der Waals surface area contributed by atoms with E-state index < -0.39 is 31.0 Å². The maximum atomic E-state index is 12.9. The molecule has 0 aliphatic carbocycles. The van der Waals surface area contributed by atoms with Gasteiger partial charge in [0, 0.05) is 24.2 Å². The molecule has 1 N–H and O–H groups in total. The lowest BCUT2D eigenvalue weighted by atomic mass is 10.2. The van der Waals surface area contributed by atoms with Crippen LogP contribution in [0.5, 0.6) is 0 Å². The Kier molecular flexibility index (Phi) is 8.64. The Balaban J connectivity index is 1.75. The van der Waals surface area contributed by atoms with Gasteiger partial charge >= 0.3 is 6.01 Å². The van der Waals surface area contributed by atoms with Gasteiger partial charge in [-0.2, -0.15) is 4.31 Å². The molecule has 1 amide bonds. The van der Waals surface area contributed by atoms with Gasteiger partial charge < -0.3 is 4.42 Å². The van der Waals surface area contributed by atoms with Crippen molar-refractivity contribution < 1.29 is 26.0 Å². The van der Waals surface area contributed by atoms with E-state index in [4.69, 9.17) is 4.42 Å². The van der Waals surface area contributed by atoms with E-state index >= 15 is 0 Å². The van der Waals surface area contributed by atoms with Gasteiger partial charge in [0.05, 0.1) is 15.0 Å². The molecule has 0 saturated heterocycles. The predicted molar refractivity (Wildman–Crippen MR) is 136 cm³/mol. The van der Waals surface area contributed by atoms with Crippen LogP contribution in [0.4, 0.5) is 6.01 Å². The van der Waals surface area contributed by atoms with E-state index in [1.54, 1.807) is 26.0 Å². The molecule has 0 fully saturated rings. The highest BCUT2D eigenvalue weighted by Crippen LogP contribution is 2.25. The average Bonchev–Trinajstić information content (AvgIpc) is 3.32. The van der Waals surface area contributed by atoms with Gasteiger partial charge in [-0.1, -0.05) is 25.0 Å². The summed E-state index contributed by atoms with van der Waals surface area (Å²) in [5.74, 6) is -0.524. The minimum Gasteiger partial charge on any atom is -0.403 e. The van der Waals surface area contributed by atoms with Gasteiger partial charge in [0.1, 0.15) is 0 Å². The number of rotatable bonds is 11. The first-order valence-electron chi connectivity index (χ1n) is 11.6. The second kappa shape index (κ2) is 11.3. The fourth-order valence-electron chi connectivity index (χ4n) is 3.42. The molecule has 3 aromatic rings. The fourth-order valence-corrected chi connectivity index (χ4v) is 6.14. The van der Waals surface area contributed by atoms with Crippen LogP contribution in [0.15, 0.2) is 62.7 Å². The Hall–Kier alpha value is -3.09. The van der Waals surface area contributed by atoms with Gasteiger partial charge in [-0.15, -0.1) is 5.10 Å². The van der Waals surface area contributed by atoms with E-state index in [9.17, 15) is 21.6 Å². The lowest BCUT2D eigenvalue weighted by Crippen LogP contribution is -2.32. The Bertz CT molecular complexity index is 1410. The molecule has 0 unspecified atom stereocenters. The van der Waals surface area contributed by atoms with Crippen LogP contribution in [-0.4, -0.2) is 55.6 Å². The van der Waals surface area contributed by atoms with Crippen molar-refractivity contribution in [2.75, 3.05) is 18.4 Å². The maximum absolute atomic E-state index is 12.9. The zero-order chi connectivity index (χ0) is 26.5. The standard InChI is InChI=1S/C24H30N4O6S2/c1-5-14-28(15-6-2)36(32,33)20-12-10-18(11-13-20)22(29)25-24-27-26-23(34-24)19-8-7-9-21(16-19)35(30,31)17(3)4/h7-13,16-17H,5-6,14-15H2,1-4H3,(H,25,27,29). The molecule has 36 heavy (non-hydrogen) atoms. The first-order valence-corrected chi connectivity index (χ1v) is 14.6. The van der Waals surface area contributed by atoms with Crippen molar-refractivity contribution in [1.29, 1.82) is 0 Å². The van der Waals surface area contributed by atoms with Gasteiger partial charge in [-0.05, 0) is 69.2 Å². The van der Waals surface area contributed by atoms with Crippen molar-refractivity contribution in [3.05, 3.63) is 54.1 Å². The molecular weight excluding hydrogens is 504 g/mol. The highest BCUT2D eigenvalue weighted by molar-refractivity contribution is 7.92. The van der Waals surface area contributed by atoms with Crippen LogP contribution < -0.4 is 5.32 Å². The third kappa shape index (κ3) is 6.00. The van der Waals surface area contributed by atoms with Crippen molar-refractivity contribution in [1.82, 2.24) is 14.5 Å². The van der Waals surface area contributed by atoms with E-state index in [0.717, 1.165) is 0 Å². The first kappa shape index (κ1) is 27.5. The number of nitrogens with one attached hydrogen (secondary N) is 1. The number of anilines is 1. The van der Waals surface area contributed by atoms with Crippen LogP contribution in [-0.2, 0) is 19.9 Å². The van der Waals surface area contributed by atoms with E-state index in [1.807, 2.05) is 13.8 Å². The highest BCUT2D eigenvalue weighted by atomic mass is 32.2. The second-order valence-electron chi connectivity index (χ2n) is 8.42. The molecule has 3 rings (SSSR count). The third-order valence-electron chi connectivity index (χ3n) is 5.38. The van der Waals surface area contributed by atoms with Crippen LogP contribution in [0.3, 0.4) is 0 Å². The number of carbonyl (C=O) groups excluding carboxylic acids is 1. The number of benzene rings is 2. The van der Waals surface area contributed by atoms with Crippen molar-refractivity contribution in [2.24, 2.45) is 0 Å². The average molecular weight is 535 g/mol. The number of aromatic nitrogens is 2. The van der Waals surface area contributed by atoms with Crippen molar-refractivity contribution in [3.63, 3.8) is 0 Å². The van der Waals surface area contributed by atoms with Gasteiger partial charge in [0.2, 0.25) is 15.9 Å². The molecule has 2 aromatic carbocycles. The van der Waals surface area contributed by atoms with Gasteiger partial charge in [0.25, 0.3) is 5.91 Å². The zero-order valence-corrected chi connectivity index (χ0v) is 22.3. The summed E-state index contributed by atoms with van der Waals surface area (Å²) in [7, 11) is -7.14. The molecular formula is C24H30N4O6S2. The predicted octanol–water partition coefficient (Wildman–Crippen LogP) is 3.98. The number of amides is 1. The molecule has 0 radical (unpaired) electrons. The summed E-state index contributed by atoms with van der Waals surface area (Å²) in [5, 5.41) is 9.58. The highest BCUT2D eigenvalue weighted by Gasteiger charge is 2.24. The monoisotopic (exact) mass is 534 g/mol. The van der Waals surface area contributed by atoms with Crippen molar-refractivity contribution in [2.45, 2.75) is 55.6 Å². The summed E-state index contributed by atoms with van der Waals surface area (Å²) in [6.07, 6.45) is 1.40. The molecule has 1 aromatic heterocycles. The lowest BCUT2D eigenvalue weighted by molar-refractivity contribution is 0.102. The van der Waals surface area contributed by atoms with E-state index in [1.165, 1.54) is 40.7 Å². The summed E-state index contributed by atoms with van der Waals surface area (Å²) in [4.78, 5) is 12.9. The molecule has 0 atom stereocenters. The largest absolute Gasteiger partial charge is 0.403 e. The number of nitrogens with zero attached hydrogens (tertiary/aromatic N) is 3. The van der Waals surface area contributed by atoms with Crippen LogP contribution in [0, 0.1) is 0 Å². The molecule has 1 heterocycles. The molecule has 12 heteroatoms. The Morgan fingerprint density at radius 2 is 1.58 bits per heavy atom. The SMILES string of the molecule is CCCN(CCC)S(=O)(=O)c1ccc(C(=O)Nc2nnc(-c3cccc(S(=O)(=O)C(C)C)c3)o2)cc1. The first-order chi connectivity index (χ1) is 17.0. The van der Waals surface area contributed by atoms with Crippen LogP contribution in [0.2, 0.25) is 0 Å². The Morgan fingerprint density at radius 3 is 2.17 bits per heavy atom. The van der Waals surface area contributed by atoms with Crippen molar-refractivity contribution in [3.8, 4) is 11.5 Å². The molecule has 0 aliphatic rings.